The Balaban J connectivity index is 1.89. The summed E-state index contributed by atoms with van der Waals surface area (Å²) in [6, 6.07) is 13.5. The van der Waals surface area contributed by atoms with Crippen LogP contribution in [0.2, 0.25) is 0 Å². The summed E-state index contributed by atoms with van der Waals surface area (Å²) < 4.78 is 5.40. The Bertz CT molecular complexity index is 893. The van der Waals surface area contributed by atoms with E-state index in [9.17, 15) is 4.79 Å². The van der Waals surface area contributed by atoms with Crippen molar-refractivity contribution < 1.29 is 9.53 Å². The Morgan fingerprint density at radius 2 is 2.04 bits per heavy atom. The smallest absolute Gasteiger partial charge is 0.235 e. The van der Waals surface area contributed by atoms with Gasteiger partial charge in [0.15, 0.2) is 5.82 Å². The van der Waals surface area contributed by atoms with Crippen LogP contribution in [0.1, 0.15) is 28.4 Å². The number of rotatable bonds is 6. The lowest BCUT2D eigenvalue weighted by Crippen LogP contribution is -2.24. The molecule has 0 aliphatic carbocycles. The Kier molecular flexibility index (Phi) is 5.26. The SMILES string of the molecule is COc1ccccc1C[C@@H](C(=O)Nc1cc(C)ccc1C)c1nn[nH]n1. The molecule has 1 amide bonds. The molecule has 0 aliphatic heterocycles. The molecule has 0 saturated carbocycles. The quantitative estimate of drug-likeness (QED) is 0.712. The van der Waals surface area contributed by atoms with Crippen LogP contribution in [0.5, 0.6) is 5.75 Å². The average molecular weight is 351 g/mol. The Morgan fingerprint density at radius 1 is 1.23 bits per heavy atom. The minimum absolute atomic E-state index is 0.189. The second-order valence-electron chi connectivity index (χ2n) is 6.15. The number of hydrogen-bond acceptors (Lipinski definition) is 5. The summed E-state index contributed by atoms with van der Waals surface area (Å²) in [5.41, 5.74) is 3.75. The van der Waals surface area contributed by atoms with Gasteiger partial charge in [0.2, 0.25) is 5.91 Å². The highest BCUT2D eigenvalue weighted by atomic mass is 16.5. The maximum Gasteiger partial charge on any atom is 0.235 e. The molecule has 0 spiro atoms. The zero-order valence-electron chi connectivity index (χ0n) is 15.0. The number of nitrogens with one attached hydrogen (secondary N) is 2. The summed E-state index contributed by atoms with van der Waals surface area (Å²) in [6.07, 6.45) is 0.403. The molecule has 1 aromatic heterocycles. The molecule has 0 radical (unpaired) electrons. The van der Waals surface area contributed by atoms with Gasteiger partial charge in [-0.05, 0) is 49.1 Å². The van der Waals surface area contributed by atoms with Gasteiger partial charge in [-0.1, -0.05) is 35.5 Å². The van der Waals surface area contributed by atoms with E-state index >= 15 is 0 Å². The van der Waals surface area contributed by atoms with E-state index in [2.05, 4.69) is 25.9 Å². The van der Waals surface area contributed by atoms with Gasteiger partial charge in [0.25, 0.3) is 0 Å². The largest absolute Gasteiger partial charge is 0.496 e. The van der Waals surface area contributed by atoms with Crippen molar-refractivity contribution in [2.24, 2.45) is 0 Å². The fourth-order valence-corrected chi connectivity index (χ4v) is 2.80. The number of carbonyl (C=O) groups is 1. The highest BCUT2D eigenvalue weighted by molar-refractivity contribution is 5.96. The molecule has 0 unspecified atom stereocenters. The van der Waals surface area contributed by atoms with E-state index in [1.54, 1.807) is 7.11 Å². The Hall–Kier alpha value is -3.22. The normalized spacial score (nSPS) is 11.8. The van der Waals surface area contributed by atoms with Crippen LogP contribution in [0.3, 0.4) is 0 Å². The zero-order chi connectivity index (χ0) is 18.5. The molecule has 7 heteroatoms. The highest BCUT2D eigenvalue weighted by Gasteiger charge is 2.27. The second-order valence-corrected chi connectivity index (χ2v) is 6.15. The van der Waals surface area contributed by atoms with Gasteiger partial charge in [-0.3, -0.25) is 4.79 Å². The molecule has 3 rings (SSSR count). The lowest BCUT2D eigenvalue weighted by Gasteiger charge is -2.17. The number of anilines is 1. The van der Waals surface area contributed by atoms with Crippen molar-refractivity contribution in [2.45, 2.75) is 26.2 Å². The van der Waals surface area contributed by atoms with Crippen LogP contribution in [-0.2, 0) is 11.2 Å². The molecule has 134 valence electrons. The average Bonchev–Trinajstić information content (AvgIpc) is 3.17. The molecular weight excluding hydrogens is 330 g/mol. The first kappa shape index (κ1) is 17.6. The monoisotopic (exact) mass is 351 g/mol. The third-order valence-corrected chi connectivity index (χ3v) is 4.26. The van der Waals surface area contributed by atoms with Gasteiger partial charge >= 0.3 is 0 Å². The Labute approximate surface area is 151 Å². The van der Waals surface area contributed by atoms with E-state index in [1.165, 1.54) is 0 Å². The van der Waals surface area contributed by atoms with Crippen molar-refractivity contribution in [3.63, 3.8) is 0 Å². The van der Waals surface area contributed by atoms with Crippen molar-refractivity contribution >= 4 is 11.6 Å². The zero-order valence-corrected chi connectivity index (χ0v) is 15.0. The van der Waals surface area contributed by atoms with Crippen molar-refractivity contribution in [3.05, 3.63) is 65.0 Å². The number of H-pyrrole nitrogens is 1. The van der Waals surface area contributed by atoms with Gasteiger partial charge < -0.3 is 10.1 Å². The Morgan fingerprint density at radius 3 is 2.77 bits per heavy atom. The van der Waals surface area contributed by atoms with Crippen LogP contribution in [-0.4, -0.2) is 33.6 Å². The molecule has 7 nitrogen and oxygen atoms in total. The lowest BCUT2D eigenvalue weighted by atomic mass is 9.96. The fraction of sp³-hybridized carbons (Fsp3) is 0.263. The molecule has 2 N–H and O–H groups in total. The predicted molar refractivity (Wildman–Crippen MR) is 98.2 cm³/mol. The topological polar surface area (TPSA) is 92.8 Å². The van der Waals surface area contributed by atoms with Crippen LogP contribution >= 0.6 is 0 Å². The minimum Gasteiger partial charge on any atom is -0.496 e. The van der Waals surface area contributed by atoms with Gasteiger partial charge in [0.05, 0.1) is 7.11 Å². The number of amides is 1. The number of benzene rings is 2. The van der Waals surface area contributed by atoms with Crippen LogP contribution in [0.15, 0.2) is 42.5 Å². The van der Waals surface area contributed by atoms with E-state index in [0.717, 1.165) is 28.1 Å². The molecule has 0 fully saturated rings. The lowest BCUT2D eigenvalue weighted by molar-refractivity contribution is -0.117. The highest BCUT2D eigenvalue weighted by Crippen LogP contribution is 2.26. The summed E-state index contributed by atoms with van der Waals surface area (Å²) in [5, 5.41) is 17.1. The molecule has 3 aromatic rings. The van der Waals surface area contributed by atoms with Crippen molar-refractivity contribution in [1.82, 2.24) is 20.6 Å². The van der Waals surface area contributed by atoms with Gasteiger partial charge in [-0.15, -0.1) is 10.2 Å². The van der Waals surface area contributed by atoms with Gasteiger partial charge in [0, 0.05) is 5.69 Å². The molecule has 0 saturated heterocycles. The third kappa shape index (κ3) is 3.88. The number of aryl methyl sites for hydroxylation is 2. The first-order valence-corrected chi connectivity index (χ1v) is 8.32. The third-order valence-electron chi connectivity index (χ3n) is 4.26. The molecule has 26 heavy (non-hydrogen) atoms. The predicted octanol–water partition coefficient (Wildman–Crippen LogP) is 2.79. The van der Waals surface area contributed by atoms with Crippen molar-refractivity contribution in [3.8, 4) is 5.75 Å². The summed E-state index contributed by atoms with van der Waals surface area (Å²) >= 11 is 0. The van der Waals surface area contributed by atoms with Crippen LogP contribution in [0.25, 0.3) is 0 Å². The maximum atomic E-state index is 13.0. The number of para-hydroxylation sites is 1. The van der Waals surface area contributed by atoms with E-state index in [4.69, 9.17) is 4.74 Å². The van der Waals surface area contributed by atoms with E-state index in [1.807, 2.05) is 56.3 Å². The van der Waals surface area contributed by atoms with Crippen LogP contribution in [0.4, 0.5) is 5.69 Å². The van der Waals surface area contributed by atoms with Gasteiger partial charge in [0.1, 0.15) is 11.7 Å². The number of aromatic amines is 1. The number of aromatic nitrogens is 4. The summed E-state index contributed by atoms with van der Waals surface area (Å²) in [7, 11) is 1.61. The van der Waals surface area contributed by atoms with Gasteiger partial charge in [-0.2, -0.15) is 5.21 Å². The number of ether oxygens (including phenoxy) is 1. The molecular formula is C19H21N5O2. The summed E-state index contributed by atoms with van der Waals surface area (Å²) in [6.45, 7) is 3.94. The summed E-state index contributed by atoms with van der Waals surface area (Å²) in [4.78, 5) is 13.0. The first-order valence-electron chi connectivity index (χ1n) is 8.32. The van der Waals surface area contributed by atoms with Crippen LogP contribution < -0.4 is 10.1 Å². The first-order chi connectivity index (χ1) is 12.6. The number of nitrogens with zero attached hydrogens (tertiary/aromatic N) is 3. The number of tetrazole rings is 1. The standard InChI is InChI=1S/C19H21N5O2/c1-12-8-9-13(2)16(10-12)20-19(25)15(18-21-23-24-22-18)11-14-6-4-5-7-17(14)26-3/h4-10,15H,11H2,1-3H3,(H,20,25)(H,21,22,23,24)/t15-/m1/s1. The van der Waals surface area contributed by atoms with Crippen molar-refractivity contribution in [1.29, 1.82) is 0 Å². The second kappa shape index (κ2) is 7.77. The van der Waals surface area contributed by atoms with Gasteiger partial charge in [-0.25, -0.2) is 0 Å². The van der Waals surface area contributed by atoms with E-state index < -0.39 is 5.92 Å². The fourth-order valence-electron chi connectivity index (χ4n) is 2.80. The number of hydrogen-bond donors (Lipinski definition) is 2. The van der Waals surface area contributed by atoms with Crippen LogP contribution in [0, 0.1) is 13.8 Å². The maximum absolute atomic E-state index is 13.0. The molecule has 2 aromatic carbocycles. The van der Waals surface area contributed by atoms with E-state index in [-0.39, 0.29) is 5.91 Å². The number of carbonyl (C=O) groups excluding carboxylic acids is 1. The molecule has 0 bridgehead atoms. The molecule has 0 aliphatic rings. The van der Waals surface area contributed by atoms with E-state index in [0.29, 0.717) is 12.2 Å². The minimum atomic E-state index is -0.593. The molecule has 1 atom stereocenters. The van der Waals surface area contributed by atoms with Crippen molar-refractivity contribution in [2.75, 3.05) is 12.4 Å². The number of methoxy groups -OCH3 is 1. The summed E-state index contributed by atoms with van der Waals surface area (Å²) in [5.74, 6) is 0.287. The molecule has 1 heterocycles.